The lowest BCUT2D eigenvalue weighted by Crippen LogP contribution is -1.96. The Morgan fingerprint density at radius 2 is 2.21 bits per heavy atom. The summed E-state index contributed by atoms with van der Waals surface area (Å²) in [7, 11) is 0. The lowest BCUT2D eigenvalue weighted by atomic mass is 10.0. The van der Waals surface area contributed by atoms with E-state index in [9.17, 15) is 0 Å². The van der Waals surface area contributed by atoms with Crippen molar-refractivity contribution < 1.29 is 4.74 Å². The number of hydrogen-bond acceptors (Lipinski definition) is 1. The van der Waals surface area contributed by atoms with E-state index in [-0.39, 0.29) is 0 Å². The first kappa shape index (κ1) is 10.8. The van der Waals surface area contributed by atoms with Crippen LogP contribution < -0.4 is 4.74 Å². The van der Waals surface area contributed by atoms with Crippen molar-refractivity contribution in [3.05, 3.63) is 42.5 Å². The Labute approximate surface area is 86.4 Å². The van der Waals surface area contributed by atoms with Gasteiger partial charge < -0.3 is 4.74 Å². The van der Waals surface area contributed by atoms with Gasteiger partial charge in [0.2, 0.25) is 0 Å². The first-order valence-electron chi connectivity index (χ1n) is 5.07. The van der Waals surface area contributed by atoms with E-state index >= 15 is 0 Å². The summed E-state index contributed by atoms with van der Waals surface area (Å²) in [5.74, 6) is 1.51. The van der Waals surface area contributed by atoms with E-state index in [1.54, 1.807) is 0 Å². The molecule has 0 saturated heterocycles. The minimum Gasteiger partial charge on any atom is -0.493 e. The fourth-order valence-electron chi connectivity index (χ4n) is 1.22. The van der Waals surface area contributed by atoms with E-state index in [1.165, 1.54) is 5.56 Å². The zero-order chi connectivity index (χ0) is 10.4. The van der Waals surface area contributed by atoms with Crippen molar-refractivity contribution in [1.82, 2.24) is 0 Å². The highest BCUT2D eigenvalue weighted by atomic mass is 16.5. The second-order valence-corrected chi connectivity index (χ2v) is 3.65. The Hall–Kier alpha value is -1.24. The van der Waals surface area contributed by atoms with Gasteiger partial charge >= 0.3 is 0 Å². The highest BCUT2D eigenvalue weighted by molar-refractivity contribution is 5.30. The van der Waals surface area contributed by atoms with Crippen LogP contribution in [0.15, 0.2) is 36.9 Å². The molecule has 0 aliphatic rings. The highest BCUT2D eigenvalue weighted by Crippen LogP contribution is 2.20. The van der Waals surface area contributed by atoms with Gasteiger partial charge in [0, 0.05) is 0 Å². The Morgan fingerprint density at radius 3 is 2.86 bits per heavy atom. The first-order valence-corrected chi connectivity index (χ1v) is 5.07. The molecule has 0 aliphatic heterocycles. The van der Waals surface area contributed by atoms with Crippen LogP contribution in [0.4, 0.5) is 0 Å². The van der Waals surface area contributed by atoms with Crippen molar-refractivity contribution in [3.63, 3.8) is 0 Å². The summed E-state index contributed by atoms with van der Waals surface area (Å²) < 4.78 is 5.57. The molecule has 0 amide bonds. The molecule has 0 unspecified atom stereocenters. The summed E-state index contributed by atoms with van der Waals surface area (Å²) in [6.45, 7) is 8.74. The van der Waals surface area contributed by atoms with Gasteiger partial charge in [-0.2, -0.15) is 0 Å². The molecular weight excluding hydrogens is 172 g/mol. The molecule has 14 heavy (non-hydrogen) atoms. The molecule has 0 bridgehead atoms. The minimum absolute atomic E-state index is 0.554. The van der Waals surface area contributed by atoms with Gasteiger partial charge in [0.05, 0.1) is 6.61 Å². The molecule has 1 heteroatoms. The van der Waals surface area contributed by atoms with Crippen molar-refractivity contribution >= 4 is 0 Å². The van der Waals surface area contributed by atoms with E-state index in [2.05, 4.69) is 32.6 Å². The largest absolute Gasteiger partial charge is 0.493 e. The topological polar surface area (TPSA) is 9.23 Å². The fourth-order valence-corrected chi connectivity index (χ4v) is 1.22. The van der Waals surface area contributed by atoms with Gasteiger partial charge in [-0.1, -0.05) is 32.1 Å². The van der Waals surface area contributed by atoms with Crippen LogP contribution in [0.2, 0.25) is 0 Å². The maximum Gasteiger partial charge on any atom is 0.119 e. The van der Waals surface area contributed by atoms with Crippen molar-refractivity contribution in [2.45, 2.75) is 26.2 Å². The maximum atomic E-state index is 5.57. The van der Waals surface area contributed by atoms with Gasteiger partial charge in [-0.25, -0.2) is 0 Å². The summed E-state index contributed by atoms with van der Waals surface area (Å²) >= 11 is 0. The third-order valence-corrected chi connectivity index (χ3v) is 2.12. The molecule has 0 aromatic heterocycles. The van der Waals surface area contributed by atoms with Gasteiger partial charge in [0.25, 0.3) is 0 Å². The zero-order valence-electron chi connectivity index (χ0n) is 8.99. The molecule has 0 atom stereocenters. The van der Waals surface area contributed by atoms with E-state index in [0.717, 1.165) is 12.2 Å². The number of ether oxygens (including phenoxy) is 1. The smallest absolute Gasteiger partial charge is 0.119 e. The van der Waals surface area contributed by atoms with Crippen molar-refractivity contribution in [1.29, 1.82) is 0 Å². The predicted octanol–water partition coefficient (Wildman–Crippen LogP) is 3.76. The van der Waals surface area contributed by atoms with Crippen LogP contribution >= 0.6 is 0 Å². The molecule has 1 aromatic carbocycles. The lowest BCUT2D eigenvalue weighted by molar-refractivity contribution is 0.324. The van der Waals surface area contributed by atoms with Crippen LogP contribution in [0.3, 0.4) is 0 Å². The zero-order valence-corrected chi connectivity index (χ0v) is 8.99. The number of hydrogen-bond donors (Lipinski definition) is 0. The van der Waals surface area contributed by atoms with Crippen molar-refractivity contribution in [3.8, 4) is 5.75 Å². The lowest BCUT2D eigenvalue weighted by Gasteiger charge is -2.08. The molecule has 0 heterocycles. The Balaban J connectivity index is 2.59. The van der Waals surface area contributed by atoms with Gasteiger partial charge in [-0.3, -0.25) is 0 Å². The molecular formula is C13H18O. The number of rotatable bonds is 5. The highest BCUT2D eigenvalue weighted by Gasteiger charge is 2.00. The molecule has 1 rings (SSSR count). The number of benzene rings is 1. The van der Waals surface area contributed by atoms with Crippen LogP contribution in [0, 0.1) is 0 Å². The second-order valence-electron chi connectivity index (χ2n) is 3.65. The van der Waals surface area contributed by atoms with Crippen LogP contribution in [0.25, 0.3) is 0 Å². The van der Waals surface area contributed by atoms with E-state index in [1.807, 2.05) is 18.2 Å². The predicted molar refractivity (Wildman–Crippen MR) is 60.8 cm³/mol. The average Bonchev–Trinajstić information content (AvgIpc) is 2.19. The third kappa shape index (κ3) is 3.25. The Kier molecular flexibility index (Phi) is 4.24. The van der Waals surface area contributed by atoms with Crippen LogP contribution in [0.1, 0.15) is 31.7 Å². The van der Waals surface area contributed by atoms with Crippen LogP contribution in [-0.4, -0.2) is 6.61 Å². The standard InChI is InChI=1S/C13H18O/c1-4-5-9-14-13-8-6-7-12(10-13)11(2)3/h4,6-8,10-11H,1,5,9H2,2-3H3. The first-order chi connectivity index (χ1) is 6.74. The fraction of sp³-hybridized carbons (Fsp3) is 0.385. The molecule has 1 aromatic rings. The average molecular weight is 190 g/mol. The van der Waals surface area contributed by atoms with Gasteiger partial charge in [0.15, 0.2) is 0 Å². The van der Waals surface area contributed by atoms with E-state index < -0.39 is 0 Å². The third-order valence-electron chi connectivity index (χ3n) is 2.12. The molecule has 0 saturated carbocycles. The van der Waals surface area contributed by atoms with Crippen molar-refractivity contribution in [2.24, 2.45) is 0 Å². The SMILES string of the molecule is C=CCCOc1cccc(C(C)C)c1. The normalized spacial score (nSPS) is 10.2. The quantitative estimate of drug-likeness (QED) is 0.507. The van der Waals surface area contributed by atoms with Crippen molar-refractivity contribution in [2.75, 3.05) is 6.61 Å². The Morgan fingerprint density at radius 1 is 1.43 bits per heavy atom. The summed E-state index contributed by atoms with van der Waals surface area (Å²) in [4.78, 5) is 0. The van der Waals surface area contributed by atoms with E-state index in [0.29, 0.717) is 12.5 Å². The van der Waals surface area contributed by atoms with Crippen LogP contribution in [-0.2, 0) is 0 Å². The second kappa shape index (κ2) is 5.48. The van der Waals surface area contributed by atoms with Crippen LogP contribution in [0.5, 0.6) is 5.75 Å². The molecule has 0 aliphatic carbocycles. The van der Waals surface area contributed by atoms with E-state index in [4.69, 9.17) is 4.74 Å². The molecule has 0 fully saturated rings. The maximum absolute atomic E-state index is 5.57. The molecule has 0 N–H and O–H groups in total. The Bertz CT molecular complexity index is 289. The summed E-state index contributed by atoms with van der Waals surface area (Å²) in [5.41, 5.74) is 1.32. The van der Waals surface area contributed by atoms with Gasteiger partial charge in [-0.05, 0) is 30.0 Å². The monoisotopic (exact) mass is 190 g/mol. The summed E-state index contributed by atoms with van der Waals surface area (Å²) in [6.07, 6.45) is 2.76. The molecule has 0 radical (unpaired) electrons. The molecule has 1 nitrogen and oxygen atoms in total. The summed E-state index contributed by atoms with van der Waals surface area (Å²) in [5, 5.41) is 0. The molecule has 0 spiro atoms. The molecule has 76 valence electrons. The summed E-state index contributed by atoms with van der Waals surface area (Å²) in [6, 6.07) is 8.27. The van der Waals surface area contributed by atoms with Gasteiger partial charge in [0.1, 0.15) is 5.75 Å². The van der Waals surface area contributed by atoms with Gasteiger partial charge in [-0.15, -0.1) is 6.58 Å². The minimum atomic E-state index is 0.554.